The molecule has 2 unspecified atom stereocenters. The van der Waals surface area contributed by atoms with Gasteiger partial charge in [0.2, 0.25) is 0 Å². The highest BCUT2D eigenvalue weighted by atomic mass is 16.5. The molecule has 0 amide bonds. The van der Waals surface area contributed by atoms with Gasteiger partial charge in [-0.25, -0.2) is 0 Å². The van der Waals surface area contributed by atoms with Gasteiger partial charge in [0, 0.05) is 70.5 Å². The van der Waals surface area contributed by atoms with Crippen LogP contribution in [0.5, 0.6) is 0 Å². The molecule has 5 nitrogen and oxygen atoms in total. The molecular formula is C15H29N3O2. The summed E-state index contributed by atoms with van der Waals surface area (Å²) in [6, 6.07) is 1.09. The first-order valence-electron chi connectivity index (χ1n) is 8.05. The summed E-state index contributed by atoms with van der Waals surface area (Å²) in [5, 5.41) is 0. The van der Waals surface area contributed by atoms with Crippen molar-refractivity contribution in [3.05, 3.63) is 0 Å². The van der Waals surface area contributed by atoms with Gasteiger partial charge in [-0.15, -0.1) is 0 Å². The number of hydrogen-bond donors (Lipinski definition) is 1. The maximum atomic E-state index is 6.37. The Labute approximate surface area is 122 Å². The van der Waals surface area contributed by atoms with E-state index in [1.807, 2.05) is 0 Å². The van der Waals surface area contributed by atoms with Crippen molar-refractivity contribution in [3.63, 3.8) is 0 Å². The molecule has 2 atom stereocenters. The van der Waals surface area contributed by atoms with E-state index in [1.165, 1.54) is 32.6 Å². The number of rotatable bonds is 4. The molecule has 2 saturated heterocycles. The molecule has 2 heterocycles. The normalized spacial score (nSPS) is 35.1. The Hall–Kier alpha value is -0.200. The molecule has 1 aliphatic carbocycles. The molecule has 2 aliphatic heterocycles. The Balaban J connectivity index is 1.53. The molecule has 116 valence electrons. The highest BCUT2D eigenvalue weighted by Crippen LogP contribution is 2.50. The second kappa shape index (κ2) is 6.28. The molecule has 3 fully saturated rings. The maximum Gasteiger partial charge on any atom is 0.0589 e. The van der Waals surface area contributed by atoms with E-state index in [-0.39, 0.29) is 0 Å². The molecule has 20 heavy (non-hydrogen) atoms. The molecule has 0 aromatic carbocycles. The van der Waals surface area contributed by atoms with Gasteiger partial charge in [-0.1, -0.05) is 0 Å². The average molecular weight is 283 g/mol. The van der Waals surface area contributed by atoms with Gasteiger partial charge in [0.05, 0.1) is 6.61 Å². The minimum absolute atomic E-state index is 0.354. The Kier molecular flexibility index (Phi) is 4.62. The summed E-state index contributed by atoms with van der Waals surface area (Å²) in [4.78, 5) is 5.20. The van der Waals surface area contributed by atoms with Crippen molar-refractivity contribution >= 4 is 0 Å². The van der Waals surface area contributed by atoms with E-state index < -0.39 is 0 Å². The summed E-state index contributed by atoms with van der Waals surface area (Å²) < 4.78 is 10.7. The first kappa shape index (κ1) is 14.7. The Morgan fingerprint density at radius 2 is 1.90 bits per heavy atom. The fraction of sp³-hybridized carbons (Fsp3) is 1.00. The lowest BCUT2D eigenvalue weighted by Gasteiger charge is -2.61. The van der Waals surface area contributed by atoms with E-state index in [0.717, 1.165) is 39.2 Å². The van der Waals surface area contributed by atoms with E-state index >= 15 is 0 Å². The second-order valence-electron chi connectivity index (χ2n) is 6.57. The lowest BCUT2D eigenvalue weighted by Crippen LogP contribution is -2.70. The van der Waals surface area contributed by atoms with E-state index in [2.05, 4.69) is 9.80 Å². The summed E-state index contributed by atoms with van der Waals surface area (Å²) >= 11 is 0. The largest absolute Gasteiger partial charge is 0.383 e. The minimum Gasteiger partial charge on any atom is -0.383 e. The Morgan fingerprint density at radius 1 is 1.20 bits per heavy atom. The number of hydrogen-bond acceptors (Lipinski definition) is 5. The zero-order valence-electron chi connectivity index (χ0n) is 12.7. The van der Waals surface area contributed by atoms with Crippen LogP contribution in [0.3, 0.4) is 0 Å². The van der Waals surface area contributed by atoms with E-state index in [1.54, 1.807) is 7.11 Å². The van der Waals surface area contributed by atoms with Crippen molar-refractivity contribution in [1.29, 1.82) is 0 Å². The van der Waals surface area contributed by atoms with E-state index in [9.17, 15) is 0 Å². The smallest absolute Gasteiger partial charge is 0.0589 e. The Bertz CT molecular complexity index is 312. The molecule has 3 rings (SSSR count). The van der Waals surface area contributed by atoms with Crippen LogP contribution in [0.25, 0.3) is 0 Å². The zero-order chi connectivity index (χ0) is 14.0. The van der Waals surface area contributed by atoms with Crippen LogP contribution in [-0.4, -0.2) is 81.5 Å². The molecule has 3 aliphatic rings. The molecule has 1 saturated carbocycles. The quantitative estimate of drug-likeness (QED) is 0.796. The monoisotopic (exact) mass is 283 g/mol. The van der Waals surface area contributed by atoms with Crippen LogP contribution >= 0.6 is 0 Å². The summed E-state index contributed by atoms with van der Waals surface area (Å²) in [6.07, 6.45) is 3.49. The van der Waals surface area contributed by atoms with Crippen molar-refractivity contribution in [3.8, 4) is 0 Å². The summed E-state index contributed by atoms with van der Waals surface area (Å²) in [6.45, 7) is 8.41. The number of methoxy groups -OCH3 is 1. The number of nitrogens with two attached hydrogens (primary N) is 1. The summed E-state index contributed by atoms with van der Waals surface area (Å²) in [7, 11) is 1.78. The fourth-order valence-electron chi connectivity index (χ4n) is 4.28. The van der Waals surface area contributed by atoms with Crippen LogP contribution in [0.4, 0.5) is 0 Å². The predicted octanol–water partition coefficient (Wildman–Crippen LogP) is 0.147. The topological polar surface area (TPSA) is 51.0 Å². The molecule has 5 heteroatoms. The van der Waals surface area contributed by atoms with Gasteiger partial charge < -0.3 is 15.2 Å². The third-order valence-electron chi connectivity index (χ3n) is 5.76. The van der Waals surface area contributed by atoms with Crippen LogP contribution in [0, 0.1) is 5.41 Å². The summed E-state index contributed by atoms with van der Waals surface area (Å²) in [5.41, 5.74) is 6.72. The molecule has 0 aromatic heterocycles. The molecule has 1 spiro atoms. The SMILES string of the molecule is COCCN1CCN(C2CC(N)C23CCOCC3)CC1. The van der Waals surface area contributed by atoms with Crippen LogP contribution < -0.4 is 5.73 Å². The van der Waals surface area contributed by atoms with E-state index in [4.69, 9.17) is 15.2 Å². The third kappa shape index (κ3) is 2.62. The van der Waals surface area contributed by atoms with Gasteiger partial charge in [0.25, 0.3) is 0 Å². The first-order valence-corrected chi connectivity index (χ1v) is 8.05. The van der Waals surface area contributed by atoms with Crippen molar-refractivity contribution in [2.75, 3.05) is 59.7 Å². The zero-order valence-corrected chi connectivity index (χ0v) is 12.7. The Morgan fingerprint density at radius 3 is 2.50 bits per heavy atom. The maximum absolute atomic E-state index is 6.37. The number of piperazine rings is 1. The third-order valence-corrected chi connectivity index (χ3v) is 5.76. The van der Waals surface area contributed by atoms with Crippen molar-refractivity contribution in [2.45, 2.75) is 31.3 Å². The summed E-state index contributed by atoms with van der Waals surface area (Å²) in [5.74, 6) is 0. The van der Waals surface area contributed by atoms with Gasteiger partial charge in [-0.2, -0.15) is 0 Å². The molecule has 0 radical (unpaired) electrons. The minimum atomic E-state index is 0.354. The van der Waals surface area contributed by atoms with Crippen molar-refractivity contribution < 1.29 is 9.47 Å². The van der Waals surface area contributed by atoms with E-state index in [0.29, 0.717) is 17.5 Å². The van der Waals surface area contributed by atoms with Gasteiger partial charge in [-0.05, 0) is 19.3 Å². The van der Waals surface area contributed by atoms with Gasteiger partial charge >= 0.3 is 0 Å². The van der Waals surface area contributed by atoms with Gasteiger partial charge in [0.15, 0.2) is 0 Å². The number of nitrogens with zero attached hydrogens (tertiary/aromatic N) is 2. The molecule has 0 bridgehead atoms. The fourth-order valence-corrected chi connectivity index (χ4v) is 4.28. The lowest BCUT2D eigenvalue weighted by molar-refractivity contribution is -0.121. The lowest BCUT2D eigenvalue weighted by atomic mass is 9.56. The van der Waals surface area contributed by atoms with Crippen LogP contribution in [0.1, 0.15) is 19.3 Å². The highest BCUT2D eigenvalue weighted by Gasteiger charge is 2.55. The molecule has 2 N–H and O–H groups in total. The van der Waals surface area contributed by atoms with Gasteiger partial charge in [0.1, 0.15) is 0 Å². The highest BCUT2D eigenvalue weighted by molar-refractivity contribution is 5.11. The first-order chi connectivity index (χ1) is 9.76. The number of ether oxygens (including phenoxy) is 2. The van der Waals surface area contributed by atoms with Crippen LogP contribution in [0.15, 0.2) is 0 Å². The van der Waals surface area contributed by atoms with Gasteiger partial charge in [-0.3, -0.25) is 9.80 Å². The van der Waals surface area contributed by atoms with Crippen molar-refractivity contribution in [1.82, 2.24) is 9.80 Å². The van der Waals surface area contributed by atoms with Crippen LogP contribution in [-0.2, 0) is 9.47 Å². The second-order valence-corrected chi connectivity index (χ2v) is 6.57. The molecular weight excluding hydrogens is 254 g/mol. The predicted molar refractivity (Wildman–Crippen MR) is 78.8 cm³/mol. The van der Waals surface area contributed by atoms with Crippen molar-refractivity contribution in [2.24, 2.45) is 11.1 Å². The van der Waals surface area contributed by atoms with Crippen LogP contribution in [0.2, 0.25) is 0 Å². The standard InChI is InChI=1S/C15H29N3O2/c1-19-11-8-17-4-6-18(7-5-17)14-12-13(16)15(14)2-9-20-10-3-15/h13-14H,2-12,16H2,1H3. The average Bonchev–Trinajstić information content (AvgIpc) is 2.52. The molecule has 0 aromatic rings.